The fourth-order valence-corrected chi connectivity index (χ4v) is 3.16. The molecule has 7 heteroatoms. The van der Waals surface area contributed by atoms with Gasteiger partial charge in [-0.2, -0.15) is 0 Å². The fraction of sp³-hybridized carbons (Fsp3) is 0.562. The molecule has 0 saturated heterocycles. The van der Waals surface area contributed by atoms with Gasteiger partial charge >= 0.3 is 0 Å². The molecule has 0 spiro atoms. The molecule has 0 aliphatic rings. The van der Waals surface area contributed by atoms with Crippen molar-refractivity contribution in [3.63, 3.8) is 0 Å². The first-order valence-corrected chi connectivity index (χ1v) is 9.92. The van der Waals surface area contributed by atoms with E-state index in [-0.39, 0.29) is 12.5 Å². The maximum absolute atomic E-state index is 11.9. The number of sulfonamides is 1. The van der Waals surface area contributed by atoms with Crippen LogP contribution in [-0.4, -0.2) is 33.7 Å². The lowest BCUT2D eigenvalue weighted by atomic mass is 10.1. The van der Waals surface area contributed by atoms with Gasteiger partial charge in [0.2, 0.25) is 15.9 Å². The Kier molecular flexibility index (Phi) is 7.85. The summed E-state index contributed by atoms with van der Waals surface area (Å²) in [6, 6.07) is 6.61. The summed E-state index contributed by atoms with van der Waals surface area (Å²) in [5, 5.41) is 3.40. The number of hydrogen-bond donors (Lipinski definition) is 1. The molecule has 0 saturated carbocycles. The number of rotatable bonds is 9. The average Bonchev–Trinajstić information content (AvgIpc) is 2.43. The highest BCUT2D eigenvalue weighted by atomic mass is 35.5. The van der Waals surface area contributed by atoms with Crippen molar-refractivity contribution >= 4 is 33.2 Å². The van der Waals surface area contributed by atoms with Gasteiger partial charge in [-0.05, 0) is 43.0 Å². The van der Waals surface area contributed by atoms with E-state index in [4.69, 9.17) is 11.6 Å². The minimum Gasteiger partial charge on any atom is -0.356 e. The highest BCUT2D eigenvalue weighted by molar-refractivity contribution is 7.92. The van der Waals surface area contributed by atoms with Crippen LogP contribution in [-0.2, 0) is 14.8 Å². The van der Waals surface area contributed by atoms with Crippen molar-refractivity contribution in [2.75, 3.05) is 23.7 Å². The first-order chi connectivity index (χ1) is 10.7. The van der Waals surface area contributed by atoms with Gasteiger partial charge in [-0.15, -0.1) is 0 Å². The third kappa shape index (κ3) is 7.70. The number of anilines is 1. The van der Waals surface area contributed by atoms with Crippen LogP contribution in [0.25, 0.3) is 0 Å². The number of hydrogen-bond acceptors (Lipinski definition) is 3. The highest BCUT2D eigenvalue weighted by Crippen LogP contribution is 2.20. The fourth-order valence-electron chi connectivity index (χ4n) is 2.07. The number of amides is 1. The van der Waals surface area contributed by atoms with Crippen LogP contribution in [0.2, 0.25) is 5.02 Å². The number of benzene rings is 1. The molecule has 0 aromatic heterocycles. The van der Waals surface area contributed by atoms with E-state index in [0.717, 1.165) is 12.7 Å². The quantitative estimate of drug-likeness (QED) is 0.736. The predicted octanol–water partition coefficient (Wildman–Crippen LogP) is 3.05. The maximum atomic E-state index is 11.9. The Morgan fingerprint density at radius 3 is 2.39 bits per heavy atom. The number of halogens is 1. The third-order valence-electron chi connectivity index (χ3n) is 3.32. The van der Waals surface area contributed by atoms with Crippen molar-refractivity contribution in [1.82, 2.24) is 5.32 Å². The molecule has 0 fully saturated rings. The van der Waals surface area contributed by atoms with E-state index in [9.17, 15) is 13.2 Å². The van der Waals surface area contributed by atoms with E-state index < -0.39 is 10.0 Å². The number of nitrogens with zero attached hydrogens (tertiary/aromatic N) is 1. The summed E-state index contributed by atoms with van der Waals surface area (Å²) < 4.78 is 25.2. The van der Waals surface area contributed by atoms with Crippen LogP contribution in [0.15, 0.2) is 24.3 Å². The van der Waals surface area contributed by atoms with E-state index in [1.165, 1.54) is 4.31 Å². The van der Waals surface area contributed by atoms with Crippen molar-refractivity contribution < 1.29 is 13.2 Å². The summed E-state index contributed by atoms with van der Waals surface area (Å²) >= 11 is 5.83. The largest absolute Gasteiger partial charge is 0.356 e. The van der Waals surface area contributed by atoms with Gasteiger partial charge in [-0.25, -0.2) is 8.42 Å². The first-order valence-electron chi connectivity index (χ1n) is 7.70. The molecule has 1 N–H and O–H groups in total. The van der Waals surface area contributed by atoms with Crippen molar-refractivity contribution in [1.29, 1.82) is 0 Å². The molecule has 0 atom stereocenters. The van der Waals surface area contributed by atoms with Crippen LogP contribution < -0.4 is 9.62 Å². The van der Waals surface area contributed by atoms with Crippen molar-refractivity contribution in [2.45, 2.75) is 33.1 Å². The van der Waals surface area contributed by atoms with Crippen LogP contribution in [0, 0.1) is 5.92 Å². The smallest absolute Gasteiger partial charge is 0.232 e. The minimum atomic E-state index is -3.40. The lowest BCUT2D eigenvalue weighted by molar-refractivity contribution is -0.121. The van der Waals surface area contributed by atoms with E-state index in [2.05, 4.69) is 19.2 Å². The number of carbonyl (C=O) groups excluding carboxylic acids is 1. The summed E-state index contributed by atoms with van der Waals surface area (Å²) in [4.78, 5) is 11.7. The van der Waals surface area contributed by atoms with Gasteiger partial charge in [-0.1, -0.05) is 25.4 Å². The highest BCUT2D eigenvalue weighted by Gasteiger charge is 2.17. The Morgan fingerprint density at radius 1 is 1.26 bits per heavy atom. The summed E-state index contributed by atoms with van der Waals surface area (Å²) in [5.41, 5.74) is 0.553. The van der Waals surface area contributed by atoms with Crippen LogP contribution in [0.1, 0.15) is 33.1 Å². The molecule has 0 aliphatic carbocycles. The zero-order valence-corrected chi connectivity index (χ0v) is 15.5. The lowest BCUT2D eigenvalue weighted by Crippen LogP contribution is -2.32. The molecule has 23 heavy (non-hydrogen) atoms. The summed E-state index contributed by atoms with van der Waals surface area (Å²) in [6.45, 7) is 5.12. The van der Waals surface area contributed by atoms with Crippen molar-refractivity contribution in [2.24, 2.45) is 5.92 Å². The van der Waals surface area contributed by atoms with Crippen molar-refractivity contribution in [3.8, 4) is 0 Å². The minimum absolute atomic E-state index is 0.0461. The Bertz CT molecular complexity index is 600. The van der Waals surface area contributed by atoms with Gasteiger partial charge in [-0.3, -0.25) is 9.10 Å². The van der Waals surface area contributed by atoms with E-state index in [0.29, 0.717) is 36.0 Å². The van der Waals surface area contributed by atoms with Crippen LogP contribution in [0.3, 0.4) is 0 Å². The molecule has 0 aliphatic heterocycles. The second-order valence-electron chi connectivity index (χ2n) is 5.95. The van der Waals surface area contributed by atoms with E-state index in [1.54, 1.807) is 24.3 Å². The molecule has 1 rings (SSSR count). The molecule has 0 bridgehead atoms. The van der Waals surface area contributed by atoms with Gasteiger partial charge in [0.1, 0.15) is 0 Å². The van der Waals surface area contributed by atoms with Crippen LogP contribution in [0.4, 0.5) is 5.69 Å². The van der Waals surface area contributed by atoms with Gasteiger partial charge < -0.3 is 5.32 Å². The zero-order chi connectivity index (χ0) is 17.5. The Labute approximate surface area is 144 Å². The molecular weight excluding hydrogens is 336 g/mol. The SMILES string of the molecule is CC(C)CCNC(=O)CCCN(c1ccc(Cl)cc1)S(C)(=O)=O. The molecule has 0 heterocycles. The van der Waals surface area contributed by atoms with Crippen LogP contribution >= 0.6 is 11.6 Å². The van der Waals surface area contributed by atoms with Gasteiger partial charge in [0, 0.05) is 24.5 Å². The summed E-state index contributed by atoms with van der Waals surface area (Å²) in [5.74, 6) is 0.496. The molecule has 1 aromatic carbocycles. The van der Waals surface area contributed by atoms with Gasteiger partial charge in [0.25, 0.3) is 0 Å². The first kappa shape index (κ1) is 19.8. The monoisotopic (exact) mass is 360 g/mol. The average molecular weight is 361 g/mol. The predicted molar refractivity (Wildman–Crippen MR) is 95.3 cm³/mol. The molecule has 0 unspecified atom stereocenters. The second-order valence-corrected chi connectivity index (χ2v) is 8.29. The topological polar surface area (TPSA) is 66.5 Å². The van der Waals surface area contributed by atoms with Crippen LogP contribution in [0.5, 0.6) is 0 Å². The Balaban J connectivity index is 2.53. The normalized spacial score (nSPS) is 11.5. The zero-order valence-electron chi connectivity index (χ0n) is 13.9. The second kappa shape index (κ2) is 9.13. The Hall–Kier alpha value is -1.27. The molecule has 1 aromatic rings. The molecule has 5 nitrogen and oxygen atoms in total. The molecule has 130 valence electrons. The standard InChI is InChI=1S/C16H25ClN2O3S/c1-13(2)10-11-18-16(20)5-4-12-19(23(3,21)22)15-8-6-14(17)7-9-15/h6-9,13H,4-5,10-12H2,1-3H3,(H,18,20). The van der Waals surface area contributed by atoms with Crippen molar-refractivity contribution in [3.05, 3.63) is 29.3 Å². The van der Waals surface area contributed by atoms with Gasteiger partial charge in [0.05, 0.1) is 11.9 Å². The molecule has 0 radical (unpaired) electrons. The van der Waals surface area contributed by atoms with E-state index >= 15 is 0 Å². The number of carbonyl (C=O) groups is 1. The number of nitrogens with one attached hydrogen (secondary N) is 1. The third-order valence-corrected chi connectivity index (χ3v) is 4.77. The van der Waals surface area contributed by atoms with E-state index in [1.807, 2.05) is 0 Å². The summed E-state index contributed by atoms with van der Waals surface area (Å²) in [6.07, 6.45) is 2.86. The summed E-state index contributed by atoms with van der Waals surface area (Å²) in [7, 11) is -3.40. The Morgan fingerprint density at radius 2 is 1.87 bits per heavy atom. The maximum Gasteiger partial charge on any atom is 0.232 e. The molecular formula is C16H25ClN2O3S. The van der Waals surface area contributed by atoms with Gasteiger partial charge in [0.15, 0.2) is 0 Å². The molecule has 1 amide bonds. The lowest BCUT2D eigenvalue weighted by Gasteiger charge is -2.22.